The molecule has 1 aromatic carbocycles. The summed E-state index contributed by atoms with van der Waals surface area (Å²) >= 11 is 0. The van der Waals surface area contributed by atoms with E-state index in [1.54, 1.807) is 0 Å². The Kier molecular flexibility index (Phi) is 6.12. The summed E-state index contributed by atoms with van der Waals surface area (Å²) in [6.45, 7) is 13.7. The number of hydrogen-bond acceptors (Lipinski definition) is 3. The first kappa shape index (κ1) is 22.6. The Hall–Kier alpha value is -1.10. The Morgan fingerprint density at radius 1 is 1.14 bits per heavy atom. The van der Waals surface area contributed by atoms with Crippen LogP contribution in [0, 0.1) is 11.3 Å². The van der Waals surface area contributed by atoms with E-state index in [2.05, 4.69) is 71.1 Å². The molecule has 4 heteroatoms. The van der Waals surface area contributed by atoms with Gasteiger partial charge in [0, 0.05) is 5.41 Å². The molecule has 3 nitrogen and oxygen atoms in total. The molecule has 0 aliphatic heterocycles. The molecule has 29 heavy (non-hydrogen) atoms. The van der Waals surface area contributed by atoms with Gasteiger partial charge in [-0.2, -0.15) is 0 Å². The summed E-state index contributed by atoms with van der Waals surface area (Å²) < 4.78 is 6.43. The minimum absolute atomic E-state index is 0.0803. The average molecular weight is 417 g/mol. The lowest BCUT2D eigenvalue weighted by Gasteiger charge is -2.49. The molecule has 0 aromatic heterocycles. The Morgan fingerprint density at radius 3 is 2.38 bits per heavy atom. The van der Waals surface area contributed by atoms with Gasteiger partial charge in [-0.1, -0.05) is 52.0 Å². The van der Waals surface area contributed by atoms with E-state index in [1.807, 2.05) is 6.08 Å². The van der Waals surface area contributed by atoms with Gasteiger partial charge in [0.2, 0.25) is 8.32 Å². The molecule has 2 aliphatic rings. The van der Waals surface area contributed by atoms with Crippen molar-refractivity contribution in [3.05, 3.63) is 42.0 Å². The maximum absolute atomic E-state index is 11.6. The normalized spacial score (nSPS) is 33.1. The third kappa shape index (κ3) is 4.21. The highest BCUT2D eigenvalue weighted by Crippen LogP contribution is 2.61. The third-order valence-electron chi connectivity index (χ3n) is 8.35. The highest BCUT2D eigenvalue weighted by atomic mass is 28.4. The second kappa shape index (κ2) is 7.86. The fourth-order valence-corrected chi connectivity index (χ4v) is 6.19. The van der Waals surface area contributed by atoms with Crippen molar-refractivity contribution in [1.29, 1.82) is 0 Å². The minimum atomic E-state index is -1.83. The maximum Gasteiger partial charge on any atom is 0.250 e. The van der Waals surface area contributed by atoms with Crippen LogP contribution in [-0.2, 0) is 0 Å². The van der Waals surface area contributed by atoms with Crippen molar-refractivity contribution in [2.45, 2.75) is 89.5 Å². The lowest BCUT2D eigenvalue weighted by molar-refractivity contribution is -0.0985. The Morgan fingerprint density at radius 2 is 1.79 bits per heavy atom. The predicted octanol–water partition coefficient (Wildman–Crippen LogP) is 6.03. The van der Waals surface area contributed by atoms with Gasteiger partial charge in [0.1, 0.15) is 5.75 Å². The fourth-order valence-electron chi connectivity index (χ4n) is 5.15. The van der Waals surface area contributed by atoms with Crippen LogP contribution in [-0.4, -0.2) is 30.7 Å². The van der Waals surface area contributed by atoms with Gasteiger partial charge < -0.3 is 14.6 Å². The van der Waals surface area contributed by atoms with E-state index >= 15 is 0 Å². The molecule has 0 amide bonds. The quantitative estimate of drug-likeness (QED) is 0.455. The molecule has 0 radical (unpaired) electrons. The fraction of sp³-hybridized carbons (Fsp3) is 0.680. The summed E-state index contributed by atoms with van der Waals surface area (Å²) in [7, 11) is -1.83. The number of aliphatic hydroxyl groups excluding tert-OH is 1. The van der Waals surface area contributed by atoms with Crippen LogP contribution in [0.5, 0.6) is 5.75 Å². The van der Waals surface area contributed by atoms with Crippen LogP contribution in [0.2, 0.25) is 18.1 Å². The second-order valence-electron chi connectivity index (χ2n) is 11.1. The lowest BCUT2D eigenvalue weighted by Crippen LogP contribution is -2.49. The molecular formula is C25H40O3Si. The highest BCUT2D eigenvalue weighted by Gasteiger charge is 2.58. The van der Waals surface area contributed by atoms with Gasteiger partial charge in [-0.15, -0.1) is 0 Å². The summed E-state index contributed by atoms with van der Waals surface area (Å²) in [4.78, 5) is 0. The van der Waals surface area contributed by atoms with Crippen LogP contribution >= 0.6 is 0 Å². The summed E-state index contributed by atoms with van der Waals surface area (Å²) in [6.07, 6.45) is 8.79. The minimum Gasteiger partial charge on any atom is -0.544 e. The molecule has 0 heterocycles. The zero-order valence-electron chi connectivity index (χ0n) is 19.2. The standard InChI is InChI=1S/C25H40O3Si/c1-23(2,3)29(5,6)28-22-11-9-19(10-12-22)20-13-15-24(4)21(8-7-17-26)14-16-25(24,27)18-20/h7-12,20-21,26-27H,13-18H2,1-6H3/b8-7+/t20-,21-,24+,25-/m0/s1. The topological polar surface area (TPSA) is 49.7 Å². The third-order valence-corrected chi connectivity index (χ3v) is 12.7. The van der Waals surface area contributed by atoms with Crippen LogP contribution in [0.3, 0.4) is 0 Å². The van der Waals surface area contributed by atoms with E-state index < -0.39 is 13.9 Å². The first-order chi connectivity index (χ1) is 13.4. The lowest BCUT2D eigenvalue weighted by atomic mass is 9.59. The van der Waals surface area contributed by atoms with Crippen molar-refractivity contribution in [3.8, 4) is 5.75 Å². The van der Waals surface area contributed by atoms with Crippen molar-refractivity contribution in [3.63, 3.8) is 0 Å². The van der Waals surface area contributed by atoms with Crippen molar-refractivity contribution in [2.24, 2.45) is 11.3 Å². The van der Waals surface area contributed by atoms with Crippen molar-refractivity contribution < 1.29 is 14.6 Å². The van der Waals surface area contributed by atoms with Gasteiger partial charge in [0.15, 0.2) is 0 Å². The first-order valence-corrected chi connectivity index (χ1v) is 14.1. The Balaban J connectivity index is 1.72. The molecule has 0 spiro atoms. The number of hydrogen-bond donors (Lipinski definition) is 2. The van der Waals surface area contributed by atoms with Gasteiger partial charge in [-0.05, 0) is 79.8 Å². The number of aliphatic hydroxyl groups is 2. The summed E-state index contributed by atoms with van der Waals surface area (Å²) in [6, 6.07) is 8.65. The maximum atomic E-state index is 11.6. The number of allylic oxidation sites excluding steroid dienone is 1. The van der Waals surface area contributed by atoms with Crippen molar-refractivity contribution in [2.75, 3.05) is 6.61 Å². The molecule has 0 unspecified atom stereocenters. The molecule has 1 aromatic rings. The van der Waals surface area contributed by atoms with E-state index in [0.717, 1.165) is 37.9 Å². The summed E-state index contributed by atoms with van der Waals surface area (Å²) in [5, 5.41) is 20.9. The SMILES string of the molecule is CC(C)(C)[Si](C)(C)Oc1ccc([C@H]2CC[C@]3(C)[C@@H](/C=C/CO)CC[C@]3(O)C2)cc1. The molecular weight excluding hydrogens is 376 g/mol. The van der Waals surface area contributed by atoms with Gasteiger partial charge in [-0.25, -0.2) is 0 Å². The summed E-state index contributed by atoms with van der Waals surface area (Å²) in [5.74, 6) is 1.73. The molecule has 0 saturated heterocycles. The van der Waals surface area contributed by atoms with Crippen LogP contribution in [0.15, 0.2) is 36.4 Å². The van der Waals surface area contributed by atoms with E-state index in [0.29, 0.717) is 11.8 Å². The Bertz CT molecular complexity index is 733. The van der Waals surface area contributed by atoms with Gasteiger partial charge in [0.05, 0.1) is 12.2 Å². The van der Waals surface area contributed by atoms with E-state index in [-0.39, 0.29) is 17.1 Å². The van der Waals surface area contributed by atoms with Crippen LogP contribution in [0.4, 0.5) is 0 Å². The molecule has 0 bridgehead atoms. The number of fused-ring (bicyclic) bond motifs is 1. The predicted molar refractivity (Wildman–Crippen MR) is 123 cm³/mol. The van der Waals surface area contributed by atoms with E-state index in [1.165, 1.54) is 5.56 Å². The van der Waals surface area contributed by atoms with Crippen molar-refractivity contribution in [1.82, 2.24) is 0 Å². The second-order valence-corrected chi connectivity index (χ2v) is 15.8. The van der Waals surface area contributed by atoms with Gasteiger partial charge in [-0.3, -0.25) is 0 Å². The molecule has 2 N–H and O–H groups in total. The average Bonchev–Trinajstić information content (AvgIpc) is 2.89. The molecule has 4 atom stereocenters. The summed E-state index contributed by atoms with van der Waals surface area (Å²) in [5.41, 5.74) is 0.620. The zero-order valence-corrected chi connectivity index (χ0v) is 20.2. The molecule has 3 rings (SSSR count). The molecule has 2 fully saturated rings. The van der Waals surface area contributed by atoms with Crippen molar-refractivity contribution >= 4 is 8.32 Å². The largest absolute Gasteiger partial charge is 0.544 e. The van der Waals surface area contributed by atoms with E-state index in [4.69, 9.17) is 9.53 Å². The number of rotatable bonds is 5. The van der Waals surface area contributed by atoms with Crippen LogP contribution in [0.1, 0.15) is 71.3 Å². The smallest absolute Gasteiger partial charge is 0.250 e. The molecule has 2 saturated carbocycles. The van der Waals surface area contributed by atoms with E-state index in [9.17, 15) is 5.11 Å². The first-order valence-electron chi connectivity index (χ1n) is 11.2. The number of benzene rings is 1. The molecule has 2 aliphatic carbocycles. The van der Waals surface area contributed by atoms with Crippen LogP contribution in [0.25, 0.3) is 0 Å². The Labute approximate surface area is 178 Å². The molecule has 162 valence electrons. The zero-order chi connectivity index (χ0) is 21.5. The van der Waals surface area contributed by atoms with Gasteiger partial charge >= 0.3 is 0 Å². The highest BCUT2D eigenvalue weighted by molar-refractivity contribution is 6.74. The monoisotopic (exact) mass is 416 g/mol. The van der Waals surface area contributed by atoms with Crippen LogP contribution < -0.4 is 4.43 Å². The van der Waals surface area contributed by atoms with Gasteiger partial charge in [0.25, 0.3) is 0 Å².